The van der Waals surface area contributed by atoms with Gasteiger partial charge < -0.3 is 10.4 Å². The van der Waals surface area contributed by atoms with Crippen molar-refractivity contribution in [1.82, 2.24) is 15.1 Å². The number of nitrogens with one attached hydrogen (secondary N) is 1. The van der Waals surface area contributed by atoms with Crippen LogP contribution >= 0.6 is 0 Å². The van der Waals surface area contributed by atoms with E-state index in [0.717, 1.165) is 31.6 Å². The van der Waals surface area contributed by atoms with E-state index >= 15 is 0 Å². The SMILES string of the molecule is CCCC(O)CNCc1c(C)nn(Cc2ccccc2)c1C. The Balaban J connectivity index is 1.98. The van der Waals surface area contributed by atoms with Crippen molar-refractivity contribution in [3.63, 3.8) is 0 Å². The van der Waals surface area contributed by atoms with E-state index in [4.69, 9.17) is 0 Å². The van der Waals surface area contributed by atoms with Crippen molar-refractivity contribution >= 4 is 0 Å². The highest BCUT2D eigenvalue weighted by atomic mass is 16.3. The summed E-state index contributed by atoms with van der Waals surface area (Å²) in [6.45, 7) is 8.44. The largest absolute Gasteiger partial charge is 0.392 e. The molecule has 0 spiro atoms. The Kier molecular flexibility index (Phi) is 6.16. The predicted octanol–water partition coefficient (Wildman–Crippen LogP) is 2.80. The Morgan fingerprint density at radius 1 is 1.23 bits per heavy atom. The first-order chi connectivity index (χ1) is 10.6. The van der Waals surface area contributed by atoms with Crippen molar-refractivity contribution in [3.05, 3.63) is 52.8 Å². The van der Waals surface area contributed by atoms with Gasteiger partial charge in [0, 0.05) is 24.3 Å². The molecule has 2 rings (SSSR count). The fourth-order valence-electron chi connectivity index (χ4n) is 2.70. The zero-order valence-corrected chi connectivity index (χ0v) is 13.8. The van der Waals surface area contributed by atoms with Gasteiger partial charge in [-0.1, -0.05) is 43.7 Å². The van der Waals surface area contributed by atoms with Gasteiger partial charge in [0.05, 0.1) is 18.3 Å². The van der Waals surface area contributed by atoms with Crippen molar-refractivity contribution < 1.29 is 5.11 Å². The lowest BCUT2D eigenvalue weighted by molar-refractivity contribution is 0.160. The highest BCUT2D eigenvalue weighted by Crippen LogP contribution is 2.14. The van der Waals surface area contributed by atoms with E-state index in [1.54, 1.807) is 0 Å². The van der Waals surface area contributed by atoms with Crippen molar-refractivity contribution in [2.24, 2.45) is 0 Å². The fourth-order valence-corrected chi connectivity index (χ4v) is 2.70. The van der Waals surface area contributed by atoms with Crippen LogP contribution < -0.4 is 5.32 Å². The molecular formula is C18H27N3O. The van der Waals surface area contributed by atoms with Crippen LogP contribution in [0.5, 0.6) is 0 Å². The lowest BCUT2D eigenvalue weighted by Gasteiger charge is -2.11. The molecule has 1 unspecified atom stereocenters. The van der Waals surface area contributed by atoms with Crippen LogP contribution in [0, 0.1) is 13.8 Å². The number of aliphatic hydroxyl groups excluding tert-OH is 1. The van der Waals surface area contributed by atoms with Crippen LogP contribution in [0.2, 0.25) is 0 Å². The fraction of sp³-hybridized carbons (Fsp3) is 0.500. The number of rotatable bonds is 8. The number of aryl methyl sites for hydroxylation is 1. The molecule has 0 saturated carbocycles. The van der Waals surface area contributed by atoms with Crippen molar-refractivity contribution in [3.8, 4) is 0 Å². The smallest absolute Gasteiger partial charge is 0.0664 e. The van der Waals surface area contributed by atoms with Crippen LogP contribution in [0.3, 0.4) is 0 Å². The summed E-state index contributed by atoms with van der Waals surface area (Å²) in [6, 6.07) is 10.4. The minimum atomic E-state index is -0.259. The van der Waals surface area contributed by atoms with E-state index in [9.17, 15) is 5.11 Å². The summed E-state index contributed by atoms with van der Waals surface area (Å²) in [6.07, 6.45) is 1.60. The minimum absolute atomic E-state index is 0.259. The Hall–Kier alpha value is -1.65. The molecule has 0 amide bonds. The van der Waals surface area contributed by atoms with E-state index in [2.05, 4.69) is 53.2 Å². The summed E-state index contributed by atoms with van der Waals surface area (Å²) in [7, 11) is 0. The maximum atomic E-state index is 9.78. The number of hydrogen-bond donors (Lipinski definition) is 2. The van der Waals surface area contributed by atoms with Gasteiger partial charge in [0.1, 0.15) is 0 Å². The summed E-state index contributed by atoms with van der Waals surface area (Å²) >= 11 is 0. The monoisotopic (exact) mass is 301 g/mol. The molecule has 22 heavy (non-hydrogen) atoms. The first-order valence-corrected chi connectivity index (χ1v) is 8.07. The maximum Gasteiger partial charge on any atom is 0.0664 e. The Labute approximate surface area is 133 Å². The molecule has 0 aliphatic rings. The number of aromatic nitrogens is 2. The second kappa shape index (κ2) is 8.11. The summed E-state index contributed by atoms with van der Waals surface area (Å²) in [5.41, 5.74) is 4.75. The minimum Gasteiger partial charge on any atom is -0.392 e. The predicted molar refractivity (Wildman–Crippen MR) is 89.9 cm³/mol. The molecule has 120 valence electrons. The molecule has 1 aromatic heterocycles. The van der Waals surface area contributed by atoms with Crippen LogP contribution in [0.15, 0.2) is 30.3 Å². The molecule has 2 aromatic rings. The Morgan fingerprint density at radius 2 is 1.95 bits per heavy atom. The van der Waals surface area contributed by atoms with Gasteiger partial charge in [-0.2, -0.15) is 5.10 Å². The molecule has 0 fully saturated rings. The van der Waals surface area contributed by atoms with Gasteiger partial charge in [-0.25, -0.2) is 0 Å². The average molecular weight is 301 g/mol. The van der Waals surface area contributed by atoms with Crippen molar-refractivity contribution in [2.45, 2.75) is 52.8 Å². The molecule has 1 heterocycles. The number of aliphatic hydroxyl groups is 1. The number of hydrogen-bond acceptors (Lipinski definition) is 3. The van der Waals surface area contributed by atoms with Crippen LogP contribution in [0.4, 0.5) is 0 Å². The van der Waals surface area contributed by atoms with E-state index < -0.39 is 0 Å². The molecule has 0 aliphatic carbocycles. The molecule has 0 bridgehead atoms. The lowest BCUT2D eigenvalue weighted by Crippen LogP contribution is -2.26. The number of benzene rings is 1. The summed E-state index contributed by atoms with van der Waals surface area (Å²) in [4.78, 5) is 0. The van der Waals surface area contributed by atoms with Crippen LogP contribution in [0.25, 0.3) is 0 Å². The summed E-state index contributed by atoms with van der Waals surface area (Å²) < 4.78 is 2.06. The van der Waals surface area contributed by atoms with Gasteiger partial charge in [-0.15, -0.1) is 0 Å². The zero-order valence-electron chi connectivity index (χ0n) is 13.8. The van der Waals surface area contributed by atoms with E-state index in [1.807, 2.05) is 13.0 Å². The molecule has 4 heteroatoms. The van der Waals surface area contributed by atoms with Crippen LogP contribution in [0.1, 0.15) is 42.3 Å². The maximum absolute atomic E-state index is 9.78. The average Bonchev–Trinajstić information content (AvgIpc) is 2.76. The first kappa shape index (κ1) is 16.7. The third-order valence-corrected chi connectivity index (χ3v) is 4.01. The molecule has 1 aromatic carbocycles. The molecule has 0 saturated heterocycles. The van der Waals surface area contributed by atoms with E-state index in [1.165, 1.54) is 16.8 Å². The first-order valence-electron chi connectivity index (χ1n) is 8.07. The lowest BCUT2D eigenvalue weighted by atomic mass is 10.1. The van der Waals surface area contributed by atoms with Gasteiger partial charge in [0.15, 0.2) is 0 Å². The van der Waals surface area contributed by atoms with Gasteiger partial charge in [0.25, 0.3) is 0 Å². The Morgan fingerprint density at radius 3 is 2.64 bits per heavy atom. The van der Waals surface area contributed by atoms with Gasteiger partial charge in [0.2, 0.25) is 0 Å². The summed E-state index contributed by atoms with van der Waals surface area (Å²) in [5, 5.41) is 17.8. The second-order valence-corrected chi connectivity index (χ2v) is 5.87. The zero-order chi connectivity index (χ0) is 15.9. The third kappa shape index (κ3) is 4.42. The highest BCUT2D eigenvalue weighted by Gasteiger charge is 2.12. The molecule has 0 aliphatic heterocycles. The normalized spacial score (nSPS) is 12.5. The molecule has 4 nitrogen and oxygen atoms in total. The molecule has 1 atom stereocenters. The highest BCUT2D eigenvalue weighted by molar-refractivity contribution is 5.26. The van der Waals surface area contributed by atoms with Crippen molar-refractivity contribution in [2.75, 3.05) is 6.54 Å². The van der Waals surface area contributed by atoms with Crippen molar-refractivity contribution in [1.29, 1.82) is 0 Å². The molecule has 0 radical (unpaired) electrons. The van der Waals surface area contributed by atoms with Gasteiger partial charge >= 0.3 is 0 Å². The Bertz CT molecular complexity index is 578. The molecule has 2 N–H and O–H groups in total. The van der Waals surface area contributed by atoms with Gasteiger partial charge in [-0.05, 0) is 25.8 Å². The quantitative estimate of drug-likeness (QED) is 0.788. The standard InChI is InChI=1S/C18H27N3O/c1-4-8-17(22)11-19-12-18-14(2)20-21(15(18)3)13-16-9-6-5-7-10-16/h5-7,9-10,17,19,22H,4,8,11-13H2,1-3H3. The third-order valence-electron chi connectivity index (χ3n) is 4.01. The van der Waals surface area contributed by atoms with Gasteiger partial charge in [-0.3, -0.25) is 4.68 Å². The number of nitrogens with zero attached hydrogens (tertiary/aromatic N) is 2. The van der Waals surface area contributed by atoms with Crippen LogP contribution in [-0.4, -0.2) is 27.5 Å². The topological polar surface area (TPSA) is 50.1 Å². The summed E-state index contributed by atoms with van der Waals surface area (Å²) in [5.74, 6) is 0. The second-order valence-electron chi connectivity index (χ2n) is 5.87. The molecular weight excluding hydrogens is 274 g/mol. The van der Waals surface area contributed by atoms with E-state index in [0.29, 0.717) is 6.54 Å². The van der Waals surface area contributed by atoms with E-state index in [-0.39, 0.29) is 6.10 Å². The van der Waals surface area contributed by atoms with Crippen LogP contribution in [-0.2, 0) is 13.1 Å².